The minimum Gasteiger partial charge on any atom is -0.372 e. The number of aryl methyl sites for hydroxylation is 1. The molecule has 0 saturated heterocycles. The molecule has 29 heavy (non-hydrogen) atoms. The summed E-state index contributed by atoms with van der Waals surface area (Å²) in [6.07, 6.45) is 1.38. The average molecular weight is 380 g/mol. The van der Waals surface area contributed by atoms with E-state index in [0.29, 0.717) is 6.42 Å². The fourth-order valence-corrected chi connectivity index (χ4v) is 4.55. The van der Waals surface area contributed by atoms with E-state index in [4.69, 9.17) is 0 Å². The Morgan fingerprint density at radius 3 is 2.31 bits per heavy atom. The number of para-hydroxylation sites is 2. The number of hydrogen-bond acceptors (Lipinski definition) is 3. The Hall–Kier alpha value is -3.33. The zero-order valence-electron chi connectivity index (χ0n) is 16.5. The first-order valence-corrected chi connectivity index (χ1v) is 10.2. The third kappa shape index (κ3) is 3.33. The van der Waals surface area contributed by atoms with Gasteiger partial charge in [0.25, 0.3) is 0 Å². The minimum absolute atomic E-state index is 0.148. The number of benzene rings is 3. The molecule has 2 aliphatic rings. The Morgan fingerprint density at radius 1 is 0.793 bits per heavy atom. The van der Waals surface area contributed by atoms with Gasteiger partial charge >= 0.3 is 0 Å². The molecule has 0 radical (unpaired) electrons. The van der Waals surface area contributed by atoms with Crippen LogP contribution in [0.2, 0.25) is 0 Å². The highest BCUT2D eigenvalue weighted by atomic mass is 16.1. The summed E-state index contributed by atoms with van der Waals surface area (Å²) < 4.78 is 0. The molecule has 0 amide bonds. The van der Waals surface area contributed by atoms with Gasteiger partial charge in [-0.2, -0.15) is 0 Å². The lowest BCUT2D eigenvalue weighted by molar-refractivity contribution is -0.116. The number of Topliss-reactive ketones (excluding diaryl/α,β-unsaturated/α-hetero) is 1. The Balaban J connectivity index is 1.63. The maximum atomic E-state index is 13.4. The number of fused-ring (bicyclic) bond motifs is 1. The first-order chi connectivity index (χ1) is 14.2. The number of anilines is 2. The topological polar surface area (TPSA) is 41.1 Å². The molecule has 0 spiro atoms. The van der Waals surface area contributed by atoms with Crippen LogP contribution in [0.15, 0.2) is 90.1 Å². The van der Waals surface area contributed by atoms with Gasteiger partial charge in [0, 0.05) is 17.7 Å². The van der Waals surface area contributed by atoms with Crippen molar-refractivity contribution < 1.29 is 4.79 Å². The molecule has 1 aliphatic heterocycles. The largest absolute Gasteiger partial charge is 0.372 e. The van der Waals surface area contributed by atoms with Gasteiger partial charge in [-0.05, 0) is 42.5 Å². The van der Waals surface area contributed by atoms with Gasteiger partial charge in [-0.25, -0.2) is 0 Å². The van der Waals surface area contributed by atoms with Crippen molar-refractivity contribution in [2.24, 2.45) is 0 Å². The van der Waals surface area contributed by atoms with Crippen molar-refractivity contribution in [1.82, 2.24) is 0 Å². The first-order valence-electron chi connectivity index (χ1n) is 10.2. The number of carbonyl (C=O) groups is 1. The fraction of sp³-hybridized carbons (Fsp3) is 0.192. The number of carbonyl (C=O) groups excluding carboxylic acids is 1. The van der Waals surface area contributed by atoms with E-state index in [-0.39, 0.29) is 17.7 Å². The van der Waals surface area contributed by atoms with Crippen molar-refractivity contribution in [3.8, 4) is 0 Å². The van der Waals surface area contributed by atoms with Gasteiger partial charge in [0.2, 0.25) is 0 Å². The quantitative estimate of drug-likeness (QED) is 0.575. The second-order valence-corrected chi connectivity index (χ2v) is 7.99. The summed E-state index contributed by atoms with van der Waals surface area (Å²) in [7, 11) is 0. The predicted octanol–water partition coefficient (Wildman–Crippen LogP) is 5.97. The summed E-state index contributed by atoms with van der Waals surface area (Å²) >= 11 is 0. The lowest BCUT2D eigenvalue weighted by Gasteiger charge is -2.30. The van der Waals surface area contributed by atoms with E-state index in [1.165, 1.54) is 11.1 Å². The standard InChI is InChI=1S/C26H24N2O/c1-17-8-7-11-19(14-17)26-25-23(27-21-12-5-6-13-22(21)28-26)15-20(16-24(25)29)18-9-3-2-4-10-18/h2-14,20,26-28H,15-16H2,1H3. The second kappa shape index (κ2) is 7.25. The number of allylic oxidation sites excluding steroid dienone is 1. The van der Waals surface area contributed by atoms with E-state index < -0.39 is 0 Å². The van der Waals surface area contributed by atoms with Crippen LogP contribution in [0.1, 0.15) is 41.5 Å². The second-order valence-electron chi connectivity index (χ2n) is 7.99. The number of ketones is 1. The SMILES string of the molecule is Cc1cccc(C2Nc3ccccc3NC3=C2C(=O)CC(c2ccccc2)C3)c1. The van der Waals surface area contributed by atoms with Gasteiger partial charge in [-0.15, -0.1) is 0 Å². The smallest absolute Gasteiger partial charge is 0.163 e. The molecule has 2 N–H and O–H groups in total. The molecule has 3 nitrogen and oxygen atoms in total. The summed E-state index contributed by atoms with van der Waals surface area (Å²) in [5.74, 6) is 0.429. The molecule has 5 rings (SSSR count). The third-order valence-electron chi connectivity index (χ3n) is 5.96. The van der Waals surface area contributed by atoms with Gasteiger partial charge in [0.15, 0.2) is 5.78 Å². The van der Waals surface area contributed by atoms with E-state index in [9.17, 15) is 4.79 Å². The zero-order valence-corrected chi connectivity index (χ0v) is 16.5. The molecule has 2 atom stereocenters. The molecular weight excluding hydrogens is 356 g/mol. The fourth-order valence-electron chi connectivity index (χ4n) is 4.55. The molecule has 1 aliphatic carbocycles. The van der Waals surface area contributed by atoms with Crippen LogP contribution in [0.4, 0.5) is 11.4 Å². The summed E-state index contributed by atoms with van der Waals surface area (Å²) in [6.45, 7) is 2.09. The van der Waals surface area contributed by atoms with E-state index >= 15 is 0 Å². The van der Waals surface area contributed by atoms with Crippen molar-refractivity contribution in [2.45, 2.75) is 31.7 Å². The average Bonchev–Trinajstić information content (AvgIpc) is 2.91. The summed E-state index contributed by atoms with van der Waals surface area (Å²) in [4.78, 5) is 13.4. The summed E-state index contributed by atoms with van der Waals surface area (Å²) in [5, 5.41) is 7.25. The van der Waals surface area contributed by atoms with Gasteiger partial charge in [-0.3, -0.25) is 4.79 Å². The Labute approximate surface area is 171 Å². The number of nitrogens with one attached hydrogen (secondary N) is 2. The normalized spacial score (nSPS) is 20.8. The van der Waals surface area contributed by atoms with Gasteiger partial charge in [0.05, 0.1) is 17.4 Å². The van der Waals surface area contributed by atoms with E-state index in [2.05, 4.69) is 78.2 Å². The summed E-state index contributed by atoms with van der Waals surface area (Å²) in [6, 6.07) is 26.9. The Kier molecular flexibility index (Phi) is 4.44. The highest BCUT2D eigenvalue weighted by Crippen LogP contribution is 2.44. The van der Waals surface area contributed by atoms with Crippen molar-refractivity contribution in [2.75, 3.05) is 10.6 Å². The molecule has 144 valence electrons. The first kappa shape index (κ1) is 17.7. The lowest BCUT2D eigenvalue weighted by Crippen LogP contribution is -2.26. The highest BCUT2D eigenvalue weighted by molar-refractivity contribution is 6.01. The molecule has 3 heteroatoms. The molecule has 2 unspecified atom stereocenters. The minimum atomic E-state index is -0.148. The molecule has 0 saturated carbocycles. The van der Waals surface area contributed by atoms with Gasteiger partial charge in [0.1, 0.15) is 0 Å². The van der Waals surface area contributed by atoms with E-state index in [1.807, 2.05) is 18.2 Å². The highest BCUT2D eigenvalue weighted by Gasteiger charge is 2.35. The maximum absolute atomic E-state index is 13.4. The number of rotatable bonds is 2. The molecular formula is C26H24N2O. The lowest BCUT2D eigenvalue weighted by atomic mass is 9.78. The molecule has 1 heterocycles. The van der Waals surface area contributed by atoms with Crippen molar-refractivity contribution in [1.29, 1.82) is 0 Å². The third-order valence-corrected chi connectivity index (χ3v) is 5.96. The van der Waals surface area contributed by atoms with Crippen LogP contribution in [-0.2, 0) is 4.79 Å². The van der Waals surface area contributed by atoms with Crippen LogP contribution in [-0.4, -0.2) is 5.78 Å². The van der Waals surface area contributed by atoms with Crippen molar-refractivity contribution in [3.05, 3.63) is 107 Å². The van der Waals surface area contributed by atoms with Crippen molar-refractivity contribution in [3.63, 3.8) is 0 Å². The van der Waals surface area contributed by atoms with Crippen LogP contribution in [0, 0.1) is 6.92 Å². The zero-order chi connectivity index (χ0) is 19.8. The van der Waals surface area contributed by atoms with E-state index in [0.717, 1.165) is 34.6 Å². The van der Waals surface area contributed by atoms with Gasteiger partial charge in [-0.1, -0.05) is 72.3 Å². The molecule has 3 aromatic carbocycles. The van der Waals surface area contributed by atoms with Crippen LogP contribution >= 0.6 is 0 Å². The summed E-state index contributed by atoms with van der Waals surface area (Å²) in [5.41, 5.74) is 7.52. The monoisotopic (exact) mass is 380 g/mol. The van der Waals surface area contributed by atoms with Crippen molar-refractivity contribution >= 4 is 17.2 Å². The van der Waals surface area contributed by atoms with E-state index in [1.54, 1.807) is 0 Å². The van der Waals surface area contributed by atoms with Crippen LogP contribution in [0.5, 0.6) is 0 Å². The Bertz CT molecular complexity index is 1100. The molecule has 0 bridgehead atoms. The predicted molar refractivity (Wildman–Crippen MR) is 118 cm³/mol. The van der Waals surface area contributed by atoms with Crippen LogP contribution in [0.25, 0.3) is 0 Å². The molecule has 0 aromatic heterocycles. The molecule has 3 aromatic rings. The van der Waals surface area contributed by atoms with Crippen LogP contribution < -0.4 is 10.6 Å². The molecule has 0 fully saturated rings. The van der Waals surface area contributed by atoms with Crippen LogP contribution in [0.3, 0.4) is 0 Å². The van der Waals surface area contributed by atoms with Gasteiger partial charge < -0.3 is 10.6 Å². The maximum Gasteiger partial charge on any atom is 0.163 e. The Morgan fingerprint density at radius 2 is 1.52 bits per heavy atom. The number of hydrogen-bond donors (Lipinski definition) is 2.